The van der Waals surface area contributed by atoms with E-state index in [0.29, 0.717) is 5.56 Å². The van der Waals surface area contributed by atoms with Gasteiger partial charge in [0.25, 0.3) is 0 Å². The molecule has 1 unspecified atom stereocenters. The topological polar surface area (TPSA) is 33.1 Å². The van der Waals surface area contributed by atoms with E-state index in [-0.39, 0.29) is 6.42 Å². The fraction of sp³-hybridized carbons (Fsp3) is 0.500. The third kappa shape index (κ3) is 4.29. The fourth-order valence-corrected chi connectivity index (χ4v) is 1.23. The second-order valence-corrected chi connectivity index (χ2v) is 3.47. The zero-order chi connectivity index (χ0) is 11.5. The maximum atomic E-state index is 11.9. The summed E-state index contributed by atoms with van der Waals surface area (Å²) in [7, 11) is 0. The maximum absolute atomic E-state index is 11.9. The number of aliphatic hydroxyl groups is 1. The largest absolute Gasteiger partial charge is 0.389 e. The highest BCUT2D eigenvalue weighted by molar-refractivity contribution is 5.18. The lowest BCUT2D eigenvalue weighted by Gasteiger charge is -2.12. The van der Waals surface area contributed by atoms with Gasteiger partial charge in [-0.2, -0.15) is 13.2 Å². The lowest BCUT2D eigenvalue weighted by molar-refractivity contribution is -0.140. The van der Waals surface area contributed by atoms with Crippen LogP contribution < -0.4 is 0 Å². The summed E-state index contributed by atoms with van der Waals surface area (Å²) < 4.78 is 35.7. The lowest BCUT2D eigenvalue weighted by Crippen LogP contribution is -2.10. The van der Waals surface area contributed by atoms with Crippen molar-refractivity contribution in [2.24, 2.45) is 0 Å². The van der Waals surface area contributed by atoms with Gasteiger partial charge in [-0.05, 0) is 24.5 Å². The van der Waals surface area contributed by atoms with E-state index in [1.165, 1.54) is 6.20 Å². The third-order valence-electron chi connectivity index (χ3n) is 1.98. The summed E-state index contributed by atoms with van der Waals surface area (Å²) in [6, 6.07) is 1.63. The predicted octanol–water partition coefficient (Wildman–Crippen LogP) is 2.77. The first-order valence-electron chi connectivity index (χ1n) is 4.55. The molecule has 0 spiro atoms. The summed E-state index contributed by atoms with van der Waals surface area (Å²) in [6.07, 6.45) is -3.66. The summed E-state index contributed by atoms with van der Waals surface area (Å²) in [5.41, 5.74) is 1.25. The number of pyridine rings is 1. The summed E-state index contributed by atoms with van der Waals surface area (Å²) in [5.74, 6) is 0. The minimum Gasteiger partial charge on any atom is -0.388 e. The Morgan fingerprint density at radius 2 is 2.07 bits per heavy atom. The van der Waals surface area contributed by atoms with Gasteiger partial charge in [-0.15, -0.1) is 0 Å². The summed E-state index contributed by atoms with van der Waals surface area (Å²) >= 11 is 0. The molecule has 0 amide bonds. The number of hydrogen-bond acceptors (Lipinski definition) is 2. The van der Waals surface area contributed by atoms with E-state index in [2.05, 4.69) is 4.98 Å². The Balaban J connectivity index is 2.58. The molecule has 1 rings (SSSR count). The molecule has 0 radical (unpaired) electrons. The van der Waals surface area contributed by atoms with Crippen molar-refractivity contribution in [3.63, 3.8) is 0 Å². The van der Waals surface area contributed by atoms with Gasteiger partial charge in [-0.25, -0.2) is 0 Å². The molecule has 0 saturated carbocycles. The first kappa shape index (κ1) is 12.0. The lowest BCUT2D eigenvalue weighted by atomic mass is 10.1. The standard InChI is InChI=1S/C10H12F3NO/c1-7-4-8(6-14-5-7)9(15)2-3-10(11,12)13/h4-6,9,15H,2-3H2,1H3. The molecular formula is C10H12F3NO. The van der Waals surface area contributed by atoms with Crippen LogP contribution in [-0.4, -0.2) is 16.3 Å². The van der Waals surface area contributed by atoms with Crippen molar-refractivity contribution < 1.29 is 18.3 Å². The SMILES string of the molecule is Cc1cncc(C(O)CCC(F)(F)F)c1. The van der Waals surface area contributed by atoms with Gasteiger partial charge >= 0.3 is 6.18 Å². The van der Waals surface area contributed by atoms with Crippen LogP contribution in [0.4, 0.5) is 13.2 Å². The van der Waals surface area contributed by atoms with Crippen molar-refractivity contribution >= 4 is 0 Å². The van der Waals surface area contributed by atoms with E-state index in [4.69, 9.17) is 0 Å². The number of hydrogen-bond donors (Lipinski definition) is 1. The fourth-order valence-electron chi connectivity index (χ4n) is 1.23. The average Bonchev–Trinajstić information content (AvgIpc) is 2.13. The molecule has 0 aliphatic carbocycles. The number of aromatic nitrogens is 1. The Hall–Kier alpha value is -1.10. The number of halogens is 3. The normalized spacial score (nSPS) is 13.9. The molecule has 0 aliphatic heterocycles. The van der Waals surface area contributed by atoms with Crippen LogP contribution in [0, 0.1) is 6.92 Å². The van der Waals surface area contributed by atoms with Crippen LogP contribution in [0.15, 0.2) is 18.5 Å². The van der Waals surface area contributed by atoms with Crippen LogP contribution in [0.25, 0.3) is 0 Å². The maximum Gasteiger partial charge on any atom is 0.389 e. The van der Waals surface area contributed by atoms with Crippen molar-refractivity contribution in [2.45, 2.75) is 32.0 Å². The Bertz CT molecular complexity index is 325. The monoisotopic (exact) mass is 219 g/mol. The Morgan fingerprint density at radius 3 is 2.60 bits per heavy atom. The van der Waals surface area contributed by atoms with E-state index in [1.54, 1.807) is 19.2 Å². The molecule has 1 atom stereocenters. The van der Waals surface area contributed by atoms with Crippen LogP contribution in [0.5, 0.6) is 0 Å². The molecule has 2 nitrogen and oxygen atoms in total. The molecular weight excluding hydrogens is 207 g/mol. The first-order chi connectivity index (χ1) is 6.88. The molecule has 84 valence electrons. The third-order valence-corrected chi connectivity index (χ3v) is 1.98. The van der Waals surface area contributed by atoms with Gasteiger partial charge in [0.15, 0.2) is 0 Å². The van der Waals surface area contributed by atoms with Crippen LogP contribution in [-0.2, 0) is 0 Å². The summed E-state index contributed by atoms with van der Waals surface area (Å²) in [5, 5.41) is 9.47. The van der Waals surface area contributed by atoms with Crippen LogP contribution in [0.3, 0.4) is 0 Å². The summed E-state index contributed by atoms with van der Waals surface area (Å²) in [6.45, 7) is 1.77. The van der Waals surface area contributed by atoms with Crippen molar-refractivity contribution in [2.75, 3.05) is 0 Å². The molecule has 0 aliphatic rings. The molecule has 15 heavy (non-hydrogen) atoms. The van der Waals surface area contributed by atoms with E-state index in [1.807, 2.05) is 0 Å². The average molecular weight is 219 g/mol. The molecule has 0 saturated heterocycles. The Morgan fingerprint density at radius 1 is 1.40 bits per heavy atom. The summed E-state index contributed by atoms with van der Waals surface area (Å²) in [4.78, 5) is 3.81. The second kappa shape index (κ2) is 4.61. The van der Waals surface area contributed by atoms with Gasteiger partial charge in [0.2, 0.25) is 0 Å². The van der Waals surface area contributed by atoms with Gasteiger partial charge in [-0.3, -0.25) is 4.98 Å². The number of nitrogens with zero attached hydrogens (tertiary/aromatic N) is 1. The highest BCUT2D eigenvalue weighted by atomic mass is 19.4. The zero-order valence-electron chi connectivity index (χ0n) is 8.25. The van der Waals surface area contributed by atoms with E-state index in [9.17, 15) is 18.3 Å². The molecule has 5 heteroatoms. The minimum atomic E-state index is -4.22. The molecule has 0 bridgehead atoms. The molecule has 0 aromatic carbocycles. The van der Waals surface area contributed by atoms with Crippen molar-refractivity contribution in [3.05, 3.63) is 29.6 Å². The number of aliphatic hydroxyl groups excluding tert-OH is 1. The molecule has 1 heterocycles. The predicted molar refractivity (Wildman–Crippen MR) is 49.2 cm³/mol. The van der Waals surface area contributed by atoms with Crippen LogP contribution in [0.2, 0.25) is 0 Å². The van der Waals surface area contributed by atoms with Crippen LogP contribution in [0.1, 0.15) is 30.1 Å². The van der Waals surface area contributed by atoms with Gasteiger partial charge in [0.1, 0.15) is 0 Å². The van der Waals surface area contributed by atoms with Gasteiger partial charge < -0.3 is 5.11 Å². The minimum absolute atomic E-state index is 0.325. The van der Waals surface area contributed by atoms with Crippen molar-refractivity contribution in [1.82, 2.24) is 4.98 Å². The highest BCUT2D eigenvalue weighted by Crippen LogP contribution is 2.27. The van der Waals surface area contributed by atoms with E-state index >= 15 is 0 Å². The number of aryl methyl sites for hydroxylation is 1. The highest BCUT2D eigenvalue weighted by Gasteiger charge is 2.28. The van der Waals surface area contributed by atoms with Crippen molar-refractivity contribution in [1.29, 1.82) is 0 Å². The Kier molecular flexibility index (Phi) is 3.68. The zero-order valence-corrected chi connectivity index (χ0v) is 8.25. The second-order valence-electron chi connectivity index (χ2n) is 3.47. The van der Waals surface area contributed by atoms with Gasteiger partial charge in [-0.1, -0.05) is 6.07 Å². The quantitative estimate of drug-likeness (QED) is 0.847. The smallest absolute Gasteiger partial charge is 0.388 e. The molecule has 0 fully saturated rings. The molecule has 1 N–H and O–H groups in total. The molecule has 1 aromatic rings. The number of alkyl halides is 3. The Labute approximate surface area is 85.8 Å². The first-order valence-corrected chi connectivity index (χ1v) is 4.55. The van der Waals surface area contributed by atoms with Crippen LogP contribution >= 0.6 is 0 Å². The van der Waals surface area contributed by atoms with E-state index < -0.39 is 18.7 Å². The van der Waals surface area contributed by atoms with Gasteiger partial charge in [0, 0.05) is 18.8 Å². The number of rotatable bonds is 3. The van der Waals surface area contributed by atoms with E-state index in [0.717, 1.165) is 5.56 Å². The van der Waals surface area contributed by atoms with Gasteiger partial charge in [0.05, 0.1) is 6.10 Å². The molecule has 1 aromatic heterocycles. The van der Waals surface area contributed by atoms with Crippen molar-refractivity contribution in [3.8, 4) is 0 Å².